The molecule has 0 radical (unpaired) electrons. The summed E-state index contributed by atoms with van der Waals surface area (Å²) in [6.45, 7) is 2.22. The topological polar surface area (TPSA) is 185 Å². The first-order valence-electron chi connectivity index (χ1n) is 8.14. The van der Waals surface area contributed by atoms with Crippen molar-refractivity contribution < 1.29 is 32.8 Å². The molecule has 13 heteroatoms. The van der Waals surface area contributed by atoms with Gasteiger partial charge in [-0.3, -0.25) is 19.7 Å². The predicted octanol–water partition coefficient (Wildman–Crippen LogP) is 1.82. The van der Waals surface area contributed by atoms with Crippen LogP contribution in [0.4, 0.5) is 22.7 Å². The van der Waals surface area contributed by atoms with Crippen LogP contribution in [-0.4, -0.2) is 36.2 Å². The number of carbonyl (C=O) groups excluding carboxylic acids is 2. The van der Waals surface area contributed by atoms with E-state index in [0.717, 1.165) is 6.92 Å². The number of hydrogen-bond donors (Lipinski definition) is 4. The number of nitro groups is 1. The smallest absolute Gasteiger partial charge is 0.335 e. The van der Waals surface area contributed by atoms with E-state index in [9.17, 15) is 38.0 Å². The predicted molar refractivity (Wildman–Crippen MR) is 105 cm³/mol. The molecule has 2 aromatic rings. The lowest BCUT2D eigenvalue weighted by atomic mass is 10.1. The monoisotopic (exact) mass is 436 g/mol. The van der Waals surface area contributed by atoms with E-state index in [1.165, 1.54) is 31.2 Å². The van der Waals surface area contributed by atoms with E-state index in [-0.39, 0.29) is 11.6 Å². The summed E-state index contributed by atoms with van der Waals surface area (Å²) in [4.78, 5) is 43.4. The Morgan fingerprint density at radius 2 is 1.57 bits per heavy atom. The van der Waals surface area contributed by atoms with Gasteiger partial charge in [0.25, 0.3) is 15.7 Å². The highest BCUT2D eigenvalue weighted by Gasteiger charge is 2.30. The Kier molecular flexibility index (Phi) is 6.37. The average Bonchev–Trinajstić information content (AvgIpc) is 2.61. The molecule has 2 aromatic carbocycles. The van der Waals surface area contributed by atoms with Crippen LogP contribution in [0.1, 0.15) is 24.2 Å². The van der Waals surface area contributed by atoms with Crippen LogP contribution < -0.4 is 15.4 Å². The number of carbonyl (C=O) groups is 3. The second kappa shape index (κ2) is 8.57. The minimum Gasteiger partial charge on any atom is -0.478 e. The number of nitro benzene ring substituents is 1. The Bertz CT molecular complexity index is 1140. The summed E-state index contributed by atoms with van der Waals surface area (Å²) in [6.07, 6.45) is 0. The zero-order chi connectivity index (χ0) is 22.6. The lowest BCUT2D eigenvalue weighted by Gasteiger charge is -2.14. The Morgan fingerprint density at radius 1 is 1.00 bits per heavy atom. The van der Waals surface area contributed by atoms with Crippen LogP contribution in [0.15, 0.2) is 41.3 Å². The van der Waals surface area contributed by atoms with Gasteiger partial charge in [-0.15, -0.1) is 0 Å². The van der Waals surface area contributed by atoms with Crippen LogP contribution in [0.25, 0.3) is 0 Å². The van der Waals surface area contributed by atoms with E-state index >= 15 is 0 Å². The molecule has 0 aromatic heterocycles. The van der Waals surface area contributed by atoms with Gasteiger partial charge >= 0.3 is 5.97 Å². The number of rotatable bonds is 7. The van der Waals surface area contributed by atoms with Crippen molar-refractivity contribution >= 4 is 50.6 Å². The number of aromatic carboxylic acids is 1. The van der Waals surface area contributed by atoms with Gasteiger partial charge in [0, 0.05) is 31.3 Å². The molecule has 0 aliphatic heterocycles. The van der Waals surface area contributed by atoms with Gasteiger partial charge in [0.05, 0.1) is 10.5 Å². The third-order valence-corrected chi connectivity index (χ3v) is 5.02. The molecule has 0 saturated carbocycles. The fraction of sp³-hybridized carbons (Fsp3) is 0.118. The summed E-state index contributed by atoms with van der Waals surface area (Å²) in [7, 11) is -4.63. The molecule has 0 atom stereocenters. The Balaban J connectivity index is 2.66. The van der Waals surface area contributed by atoms with E-state index < -0.39 is 48.7 Å². The molecule has 2 rings (SSSR count). The second-order valence-corrected chi connectivity index (χ2v) is 7.63. The normalized spacial score (nSPS) is 10.7. The highest BCUT2D eigenvalue weighted by molar-refractivity contribution is 7.90. The van der Waals surface area contributed by atoms with Crippen molar-refractivity contribution in [1.82, 2.24) is 4.72 Å². The molecule has 4 N–H and O–H groups in total. The van der Waals surface area contributed by atoms with E-state index in [1.54, 1.807) is 4.72 Å². The molecule has 0 unspecified atom stereocenters. The maximum absolute atomic E-state index is 12.5. The zero-order valence-electron chi connectivity index (χ0n) is 15.6. The minimum absolute atomic E-state index is 0.203. The molecule has 158 valence electrons. The van der Waals surface area contributed by atoms with E-state index in [1.807, 2.05) is 0 Å². The molecule has 30 heavy (non-hydrogen) atoms. The maximum atomic E-state index is 12.5. The fourth-order valence-corrected chi connectivity index (χ4v) is 3.63. The van der Waals surface area contributed by atoms with Crippen molar-refractivity contribution in [3.8, 4) is 0 Å². The Morgan fingerprint density at radius 3 is 2.03 bits per heavy atom. The largest absolute Gasteiger partial charge is 0.478 e. The third kappa shape index (κ3) is 5.29. The van der Waals surface area contributed by atoms with Crippen molar-refractivity contribution in [2.75, 3.05) is 10.6 Å². The molecule has 0 heterocycles. The second-order valence-electron chi connectivity index (χ2n) is 5.98. The van der Waals surface area contributed by atoms with Crippen molar-refractivity contribution in [2.45, 2.75) is 18.7 Å². The minimum atomic E-state index is -4.63. The number of carboxylic acids is 1. The van der Waals surface area contributed by atoms with E-state index in [4.69, 9.17) is 0 Å². The Hall–Kier alpha value is -4.00. The van der Waals surface area contributed by atoms with Crippen molar-refractivity contribution in [1.29, 1.82) is 0 Å². The quantitative estimate of drug-likeness (QED) is 0.371. The fourth-order valence-electron chi connectivity index (χ4n) is 2.43. The molecule has 0 aliphatic carbocycles. The van der Waals surface area contributed by atoms with Crippen LogP contribution in [0.2, 0.25) is 0 Å². The van der Waals surface area contributed by atoms with Crippen LogP contribution in [0.5, 0.6) is 0 Å². The van der Waals surface area contributed by atoms with Crippen LogP contribution in [-0.2, 0) is 19.6 Å². The summed E-state index contributed by atoms with van der Waals surface area (Å²) in [5, 5.41) is 25.8. The lowest BCUT2D eigenvalue weighted by Crippen LogP contribution is -2.29. The number of benzene rings is 2. The van der Waals surface area contributed by atoms with Gasteiger partial charge in [-0.05, 0) is 30.3 Å². The zero-order valence-corrected chi connectivity index (χ0v) is 16.4. The molecule has 12 nitrogen and oxygen atoms in total. The van der Waals surface area contributed by atoms with Gasteiger partial charge in [-0.25, -0.2) is 17.9 Å². The van der Waals surface area contributed by atoms with E-state index in [0.29, 0.717) is 17.8 Å². The third-order valence-electron chi connectivity index (χ3n) is 3.57. The van der Waals surface area contributed by atoms with Gasteiger partial charge in [0.2, 0.25) is 11.8 Å². The van der Waals surface area contributed by atoms with Crippen LogP contribution in [0.3, 0.4) is 0 Å². The molecular formula is C17H16N4O8S. The highest BCUT2D eigenvalue weighted by atomic mass is 32.2. The molecule has 0 spiro atoms. The Labute approximate surface area is 170 Å². The van der Waals surface area contributed by atoms with Gasteiger partial charge in [-0.2, -0.15) is 0 Å². The summed E-state index contributed by atoms with van der Waals surface area (Å²) < 4.78 is 26.7. The van der Waals surface area contributed by atoms with Gasteiger partial charge in [0.1, 0.15) is 10.6 Å². The number of nitrogens with one attached hydrogen (secondary N) is 3. The summed E-state index contributed by atoms with van der Waals surface area (Å²) >= 11 is 0. The lowest BCUT2D eigenvalue weighted by molar-refractivity contribution is -0.384. The number of hydrogen-bond acceptors (Lipinski definition) is 8. The van der Waals surface area contributed by atoms with Crippen molar-refractivity contribution in [3.63, 3.8) is 0 Å². The maximum Gasteiger partial charge on any atom is 0.335 e. The first kappa shape index (κ1) is 22.3. The summed E-state index contributed by atoms with van der Waals surface area (Å²) in [5.41, 5.74) is -1.39. The van der Waals surface area contributed by atoms with Crippen LogP contribution >= 0.6 is 0 Å². The number of anilines is 3. The van der Waals surface area contributed by atoms with Crippen molar-refractivity contribution in [2.24, 2.45) is 0 Å². The number of amides is 2. The molecule has 0 saturated heterocycles. The first-order chi connectivity index (χ1) is 13.9. The number of sulfonamides is 1. The van der Waals surface area contributed by atoms with E-state index in [2.05, 4.69) is 10.6 Å². The van der Waals surface area contributed by atoms with Gasteiger partial charge < -0.3 is 15.7 Å². The standard InChI is InChI=1S/C17H16N4O8S/c1-9(22)18-12-3-5-13(6-4-12)19-16-14(21(26)27)7-11(17(24)25)8-15(16)30(28,29)20-10(2)23/h3-8,19H,1-2H3,(H,18,22)(H,20,23)(H,24,25). The first-order valence-corrected chi connectivity index (χ1v) is 9.63. The van der Waals surface area contributed by atoms with Crippen molar-refractivity contribution in [3.05, 3.63) is 52.1 Å². The van der Waals surface area contributed by atoms with Crippen LogP contribution in [0, 0.1) is 10.1 Å². The SMILES string of the molecule is CC(=O)Nc1ccc(Nc2c([N+](=O)[O-])cc(C(=O)O)cc2S(=O)(=O)NC(C)=O)cc1. The molecule has 2 amide bonds. The molecular weight excluding hydrogens is 420 g/mol. The summed E-state index contributed by atoms with van der Waals surface area (Å²) in [5.74, 6) is -2.88. The molecule has 0 aliphatic rings. The van der Waals surface area contributed by atoms with Gasteiger partial charge in [-0.1, -0.05) is 0 Å². The highest BCUT2D eigenvalue weighted by Crippen LogP contribution is 2.36. The number of nitrogens with zero attached hydrogens (tertiary/aromatic N) is 1. The molecule has 0 fully saturated rings. The number of carboxylic acid groups (broad SMARTS) is 1. The van der Waals surface area contributed by atoms with Gasteiger partial charge in [0.15, 0.2) is 0 Å². The summed E-state index contributed by atoms with van der Waals surface area (Å²) in [6, 6.07) is 7.15. The average molecular weight is 436 g/mol. The molecule has 0 bridgehead atoms.